The molecule has 1 heterocycles. The van der Waals surface area contributed by atoms with E-state index in [1.54, 1.807) is 11.3 Å². The van der Waals surface area contributed by atoms with Gasteiger partial charge in [0.25, 0.3) is 5.91 Å². The predicted octanol–water partition coefficient (Wildman–Crippen LogP) is 4.01. The molecular weight excluding hydrogens is 278 g/mol. The third-order valence-corrected chi connectivity index (χ3v) is 5.33. The van der Waals surface area contributed by atoms with Crippen LogP contribution in [0.25, 0.3) is 0 Å². The average molecular weight is 300 g/mol. The van der Waals surface area contributed by atoms with Gasteiger partial charge < -0.3 is 5.32 Å². The van der Waals surface area contributed by atoms with Crippen LogP contribution in [-0.4, -0.2) is 17.8 Å². The Kier molecular flexibility index (Phi) is 5.28. The number of aryl methyl sites for hydroxylation is 2. The van der Waals surface area contributed by atoms with Crippen LogP contribution in [0.5, 0.6) is 0 Å². The Bertz CT molecular complexity index is 418. The maximum atomic E-state index is 12.3. The van der Waals surface area contributed by atoms with Gasteiger partial charge in [0.1, 0.15) is 0 Å². The summed E-state index contributed by atoms with van der Waals surface area (Å²) in [6.45, 7) is 4.16. The van der Waals surface area contributed by atoms with Crippen LogP contribution >= 0.6 is 22.9 Å². The molecule has 0 saturated heterocycles. The molecule has 1 atom stereocenters. The zero-order valence-corrected chi connectivity index (χ0v) is 13.2. The highest BCUT2D eigenvalue weighted by atomic mass is 35.5. The minimum absolute atomic E-state index is 0.0393. The standard InChI is InChI=1S/C15H22ClNOS/c1-10(2)12(9-16)17-15(18)14-8-11-6-4-3-5-7-13(11)19-14/h8,10,12H,3-7,9H2,1-2H3,(H,17,18). The summed E-state index contributed by atoms with van der Waals surface area (Å²) in [7, 11) is 0. The van der Waals surface area contributed by atoms with Crippen molar-refractivity contribution >= 4 is 28.8 Å². The van der Waals surface area contributed by atoms with Gasteiger partial charge in [-0.2, -0.15) is 0 Å². The maximum Gasteiger partial charge on any atom is 0.261 e. The Morgan fingerprint density at radius 1 is 1.37 bits per heavy atom. The first kappa shape index (κ1) is 14.9. The third kappa shape index (κ3) is 3.73. The smallest absolute Gasteiger partial charge is 0.261 e. The summed E-state index contributed by atoms with van der Waals surface area (Å²) in [5.74, 6) is 0.866. The fourth-order valence-electron chi connectivity index (χ4n) is 2.40. The molecule has 4 heteroatoms. The SMILES string of the molecule is CC(C)C(CCl)NC(=O)c1cc2c(s1)CCCCC2. The number of carbonyl (C=O) groups is 1. The number of rotatable bonds is 4. The van der Waals surface area contributed by atoms with Crippen molar-refractivity contribution in [1.82, 2.24) is 5.32 Å². The lowest BCUT2D eigenvalue weighted by molar-refractivity contribution is 0.0935. The molecule has 1 aliphatic carbocycles. The molecule has 1 amide bonds. The second kappa shape index (κ2) is 6.76. The summed E-state index contributed by atoms with van der Waals surface area (Å²) in [5, 5.41) is 3.05. The van der Waals surface area contributed by atoms with Crippen molar-refractivity contribution < 1.29 is 4.79 Å². The van der Waals surface area contributed by atoms with Crippen LogP contribution in [0.3, 0.4) is 0 Å². The molecule has 1 aromatic heterocycles. The molecule has 106 valence electrons. The number of alkyl halides is 1. The van der Waals surface area contributed by atoms with Gasteiger partial charge in [0, 0.05) is 16.8 Å². The van der Waals surface area contributed by atoms with Gasteiger partial charge in [-0.1, -0.05) is 20.3 Å². The summed E-state index contributed by atoms with van der Waals surface area (Å²) in [4.78, 5) is 14.5. The summed E-state index contributed by atoms with van der Waals surface area (Å²) in [6, 6.07) is 2.14. The summed E-state index contributed by atoms with van der Waals surface area (Å²) in [5.41, 5.74) is 1.39. The van der Waals surface area contributed by atoms with Crippen LogP contribution in [0.15, 0.2) is 6.07 Å². The lowest BCUT2D eigenvalue weighted by Crippen LogP contribution is -2.39. The molecule has 1 unspecified atom stereocenters. The number of fused-ring (bicyclic) bond motifs is 1. The molecule has 0 saturated carbocycles. The molecule has 2 rings (SSSR count). The van der Waals surface area contributed by atoms with Crippen molar-refractivity contribution in [3.63, 3.8) is 0 Å². The second-order valence-electron chi connectivity index (χ2n) is 5.60. The van der Waals surface area contributed by atoms with Gasteiger partial charge in [0.05, 0.1) is 4.88 Å². The molecule has 1 N–H and O–H groups in total. The third-order valence-electron chi connectivity index (χ3n) is 3.76. The minimum atomic E-state index is 0.0393. The Morgan fingerprint density at radius 2 is 2.11 bits per heavy atom. The molecule has 0 fully saturated rings. The van der Waals surface area contributed by atoms with E-state index < -0.39 is 0 Å². The number of carbonyl (C=O) groups excluding carboxylic acids is 1. The van der Waals surface area contributed by atoms with E-state index in [1.165, 1.54) is 29.7 Å². The molecule has 1 aliphatic rings. The number of hydrogen-bond donors (Lipinski definition) is 1. The summed E-state index contributed by atoms with van der Waals surface area (Å²) in [6.07, 6.45) is 6.08. The van der Waals surface area contributed by atoms with E-state index in [0.29, 0.717) is 11.8 Å². The van der Waals surface area contributed by atoms with Crippen LogP contribution in [0.2, 0.25) is 0 Å². The van der Waals surface area contributed by atoms with Gasteiger partial charge in [-0.05, 0) is 43.2 Å². The first-order chi connectivity index (χ1) is 9.11. The van der Waals surface area contributed by atoms with E-state index in [9.17, 15) is 4.79 Å². The second-order valence-corrected chi connectivity index (χ2v) is 7.04. The fraction of sp³-hybridized carbons (Fsp3) is 0.667. The Hall–Kier alpha value is -0.540. The zero-order valence-electron chi connectivity index (χ0n) is 11.7. The molecule has 2 nitrogen and oxygen atoms in total. The topological polar surface area (TPSA) is 29.1 Å². The Morgan fingerprint density at radius 3 is 2.79 bits per heavy atom. The fourth-order valence-corrected chi connectivity index (χ4v) is 3.99. The highest BCUT2D eigenvalue weighted by molar-refractivity contribution is 7.14. The van der Waals surface area contributed by atoms with E-state index in [-0.39, 0.29) is 11.9 Å². The van der Waals surface area contributed by atoms with Crippen molar-refractivity contribution in [1.29, 1.82) is 0 Å². The molecule has 0 radical (unpaired) electrons. The molecular formula is C15H22ClNOS. The van der Waals surface area contributed by atoms with Gasteiger partial charge in [-0.25, -0.2) is 0 Å². The van der Waals surface area contributed by atoms with E-state index in [4.69, 9.17) is 11.6 Å². The highest BCUT2D eigenvalue weighted by Gasteiger charge is 2.20. The minimum Gasteiger partial charge on any atom is -0.347 e. The molecule has 0 spiro atoms. The predicted molar refractivity (Wildman–Crippen MR) is 82.4 cm³/mol. The molecule has 19 heavy (non-hydrogen) atoms. The largest absolute Gasteiger partial charge is 0.347 e. The lowest BCUT2D eigenvalue weighted by Gasteiger charge is -2.19. The molecule has 0 bridgehead atoms. The Labute approximate surface area is 124 Å². The van der Waals surface area contributed by atoms with E-state index in [2.05, 4.69) is 25.2 Å². The number of hydrogen-bond acceptors (Lipinski definition) is 2. The average Bonchev–Trinajstić information content (AvgIpc) is 2.67. The van der Waals surface area contributed by atoms with Crippen LogP contribution in [0.1, 0.15) is 53.2 Å². The number of halogens is 1. The van der Waals surface area contributed by atoms with Crippen molar-refractivity contribution in [2.45, 2.75) is 52.0 Å². The lowest BCUT2D eigenvalue weighted by atomic mass is 10.1. The summed E-state index contributed by atoms with van der Waals surface area (Å²) < 4.78 is 0. The first-order valence-corrected chi connectivity index (χ1v) is 8.45. The van der Waals surface area contributed by atoms with Gasteiger partial charge >= 0.3 is 0 Å². The van der Waals surface area contributed by atoms with Gasteiger partial charge in [0.15, 0.2) is 0 Å². The van der Waals surface area contributed by atoms with Crippen LogP contribution < -0.4 is 5.32 Å². The molecule has 0 aromatic carbocycles. The molecule has 0 aliphatic heterocycles. The van der Waals surface area contributed by atoms with Crippen LogP contribution in [-0.2, 0) is 12.8 Å². The van der Waals surface area contributed by atoms with E-state index in [1.807, 2.05) is 0 Å². The number of thiophene rings is 1. The maximum absolute atomic E-state index is 12.3. The molecule has 1 aromatic rings. The van der Waals surface area contributed by atoms with Crippen molar-refractivity contribution in [2.24, 2.45) is 5.92 Å². The first-order valence-electron chi connectivity index (χ1n) is 7.10. The highest BCUT2D eigenvalue weighted by Crippen LogP contribution is 2.29. The van der Waals surface area contributed by atoms with Crippen LogP contribution in [0, 0.1) is 5.92 Å². The van der Waals surface area contributed by atoms with E-state index >= 15 is 0 Å². The Balaban J connectivity index is 2.07. The normalized spacial score (nSPS) is 16.8. The quantitative estimate of drug-likeness (QED) is 0.660. The van der Waals surface area contributed by atoms with Crippen LogP contribution in [0.4, 0.5) is 0 Å². The van der Waals surface area contributed by atoms with Gasteiger partial charge in [0.2, 0.25) is 0 Å². The number of nitrogens with one attached hydrogen (secondary N) is 1. The van der Waals surface area contributed by atoms with Crippen molar-refractivity contribution in [3.8, 4) is 0 Å². The monoisotopic (exact) mass is 299 g/mol. The van der Waals surface area contributed by atoms with Crippen molar-refractivity contribution in [3.05, 3.63) is 21.4 Å². The summed E-state index contributed by atoms with van der Waals surface area (Å²) >= 11 is 7.57. The van der Waals surface area contributed by atoms with Crippen molar-refractivity contribution in [2.75, 3.05) is 5.88 Å². The number of amides is 1. The van der Waals surface area contributed by atoms with Gasteiger partial charge in [-0.15, -0.1) is 22.9 Å². The zero-order chi connectivity index (χ0) is 13.8. The van der Waals surface area contributed by atoms with E-state index in [0.717, 1.165) is 17.7 Å². The van der Waals surface area contributed by atoms with Gasteiger partial charge in [-0.3, -0.25) is 4.79 Å².